The molecule has 0 aromatic carbocycles. The van der Waals surface area contributed by atoms with E-state index >= 15 is 0 Å². The normalized spacial score (nSPS) is 9.67. The lowest BCUT2D eigenvalue weighted by Crippen LogP contribution is -2.42. The van der Waals surface area contributed by atoms with Crippen LogP contribution in [0.3, 0.4) is 0 Å². The predicted octanol–water partition coefficient (Wildman–Crippen LogP) is -1.58. The van der Waals surface area contributed by atoms with Gasteiger partial charge in [0.1, 0.15) is 0 Å². The van der Waals surface area contributed by atoms with E-state index in [9.17, 15) is 14.4 Å². The van der Waals surface area contributed by atoms with Gasteiger partial charge >= 0.3 is 23.0 Å². The lowest BCUT2D eigenvalue weighted by molar-refractivity contribution is -0.846. The van der Waals surface area contributed by atoms with E-state index in [1.807, 2.05) is 0 Å². The molecule has 0 atom stereocenters. The topological polar surface area (TPSA) is 205 Å². The fourth-order valence-corrected chi connectivity index (χ4v) is 0.714. The maximum Gasteiger partial charge on any atom is 0.336 e. The third-order valence-corrected chi connectivity index (χ3v) is 1.35. The number of carboxylic acid groups (broad SMARTS) is 3. The number of rotatable bonds is 6. The standard InChI is InChI=1S/C6H8O7.HNO4/c7-3(8)1-6(13,5(11)12)2-4(9)10;2-1(3)5-4/h13H,1-2H2,(H,7,8)(H,9,10)(H,11,12);4H. The molecule has 0 radical (unpaired) electrons. The summed E-state index contributed by atoms with van der Waals surface area (Å²) in [6, 6.07) is 0. The molecule has 5 N–H and O–H groups in total. The van der Waals surface area contributed by atoms with Crippen molar-refractivity contribution >= 4 is 17.9 Å². The first kappa shape index (κ1) is 17.9. The van der Waals surface area contributed by atoms with Crippen molar-refractivity contribution in [2.75, 3.05) is 0 Å². The van der Waals surface area contributed by atoms with E-state index in [1.54, 1.807) is 0 Å². The molecule has 0 aliphatic heterocycles. The first-order valence-electron chi connectivity index (χ1n) is 3.90. The molecule has 0 saturated heterocycles. The Morgan fingerprint density at radius 3 is 1.50 bits per heavy atom. The van der Waals surface area contributed by atoms with E-state index in [0.29, 0.717) is 0 Å². The molecule has 0 bridgehead atoms. The van der Waals surface area contributed by atoms with Gasteiger partial charge in [-0.15, -0.1) is 15.1 Å². The largest absolute Gasteiger partial charge is 0.481 e. The highest BCUT2D eigenvalue weighted by atomic mass is 17.3. The minimum absolute atomic E-state index is 1.14. The highest BCUT2D eigenvalue weighted by Crippen LogP contribution is 2.15. The average molecular weight is 271 g/mol. The molecule has 12 nitrogen and oxygen atoms in total. The first-order chi connectivity index (χ1) is 8.05. The lowest BCUT2D eigenvalue weighted by Gasteiger charge is -2.18. The van der Waals surface area contributed by atoms with Crippen molar-refractivity contribution in [2.45, 2.75) is 18.4 Å². The summed E-state index contributed by atoms with van der Waals surface area (Å²) in [5.74, 6) is -5.02. The average Bonchev–Trinajstić information content (AvgIpc) is 2.15. The monoisotopic (exact) mass is 271 g/mol. The van der Waals surface area contributed by atoms with Gasteiger partial charge < -0.3 is 20.4 Å². The van der Waals surface area contributed by atoms with Gasteiger partial charge in [-0.25, -0.2) is 10.1 Å². The van der Waals surface area contributed by atoms with Crippen LogP contribution in [0, 0.1) is 10.1 Å². The summed E-state index contributed by atoms with van der Waals surface area (Å²) < 4.78 is 0. The van der Waals surface area contributed by atoms with Gasteiger partial charge in [0.25, 0.3) is 0 Å². The molecule has 0 spiro atoms. The Bertz CT molecular complexity index is 320. The molecule has 0 aliphatic rings. The SMILES string of the molecule is O=C(O)CC(O)(CC(=O)O)C(=O)O.O=[N+]([O-])OO. The molecule has 104 valence electrons. The van der Waals surface area contributed by atoms with E-state index in [0.717, 1.165) is 0 Å². The van der Waals surface area contributed by atoms with Crippen LogP contribution < -0.4 is 0 Å². The van der Waals surface area contributed by atoms with Gasteiger partial charge in [-0.05, 0) is 0 Å². The van der Waals surface area contributed by atoms with Crippen LogP contribution in [-0.2, 0) is 19.4 Å². The number of carboxylic acids is 3. The van der Waals surface area contributed by atoms with Crippen LogP contribution in [0.5, 0.6) is 0 Å². The third-order valence-electron chi connectivity index (χ3n) is 1.35. The van der Waals surface area contributed by atoms with Gasteiger partial charge in [0, 0.05) is 0 Å². The number of carbonyl (C=O) groups is 3. The maximum atomic E-state index is 10.3. The van der Waals surface area contributed by atoms with Gasteiger partial charge in [0.15, 0.2) is 5.60 Å². The van der Waals surface area contributed by atoms with Crippen LogP contribution in [0.25, 0.3) is 0 Å². The summed E-state index contributed by atoms with van der Waals surface area (Å²) in [5, 5.41) is 48.1. The summed E-state index contributed by atoms with van der Waals surface area (Å²) in [7, 11) is 0. The maximum absolute atomic E-state index is 10.3. The number of aliphatic hydroxyl groups is 1. The van der Waals surface area contributed by atoms with Crippen molar-refractivity contribution in [3.05, 3.63) is 10.1 Å². The fraction of sp³-hybridized carbons (Fsp3) is 0.500. The van der Waals surface area contributed by atoms with Crippen molar-refractivity contribution in [1.29, 1.82) is 0 Å². The molecule has 0 aliphatic carbocycles. The zero-order valence-corrected chi connectivity index (χ0v) is 8.55. The van der Waals surface area contributed by atoms with E-state index in [1.165, 1.54) is 0 Å². The smallest absolute Gasteiger partial charge is 0.336 e. The molecule has 0 rings (SSSR count). The Kier molecular flexibility index (Phi) is 7.71. The van der Waals surface area contributed by atoms with Gasteiger partial charge in [-0.2, -0.15) is 0 Å². The molecule has 0 saturated carbocycles. The molecular formula is C6H9NO11. The molecule has 12 heteroatoms. The second-order valence-corrected chi connectivity index (χ2v) is 2.78. The summed E-state index contributed by atoms with van der Waals surface area (Å²) in [6.45, 7) is 0. The molecule has 18 heavy (non-hydrogen) atoms. The molecule has 0 unspecified atom stereocenters. The first-order valence-corrected chi connectivity index (χ1v) is 3.90. The Labute approximate surface area is 97.7 Å². The van der Waals surface area contributed by atoms with Gasteiger partial charge in [-0.1, -0.05) is 0 Å². The summed E-state index contributed by atoms with van der Waals surface area (Å²) in [5.41, 5.74) is -2.74. The van der Waals surface area contributed by atoms with Crippen molar-refractivity contribution in [1.82, 2.24) is 0 Å². The van der Waals surface area contributed by atoms with E-state index in [-0.39, 0.29) is 0 Å². The van der Waals surface area contributed by atoms with Crippen LogP contribution in [-0.4, -0.2) is 54.3 Å². The van der Waals surface area contributed by atoms with E-state index in [4.69, 9.17) is 35.8 Å². The van der Waals surface area contributed by atoms with E-state index < -0.39 is 41.4 Å². The molecule has 0 aromatic heterocycles. The van der Waals surface area contributed by atoms with Crippen LogP contribution in [0.1, 0.15) is 12.8 Å². The zero-order chi connectivity index (χ0) is 14.9. The highest BCUT2D eigenvalue weighted by Gasteiger charge is 2.40. The third kappa shape index (κ3) is 8.81. The second kappa shape index (κ2) is 7.75. The molecule has 0 heterocycles. The molecular weight excluding hydrogens is 262 g/mol. The van der Waals surface area contributed by atoms with E-state index in [2.05, 4.69) is 4.99 Å². The Hall–Kier alpha value is -2.47. The molecule has 0 aromatic rings. The Morgan fingerprint density at radius 2 is 1.39 bits per heavy atom. The van der Waals surface area contributed by atoms with Crippen molar-refractivity contribution in [2.24, 2.45) is 0 Å². The minimum atomic E-state index is -2.74. The lowest BCUT2D eigenvalue weighted by atomic mass is 9.96. The quantitative estimate of drug-likeness (QED) is 0.211. The van der Waals surface area contributed by atoms with Gasteiger partial charge in [-0.3, -0.25) is 9.59 Å². The number of aliphatic carboxylic acids is 3. The van der Waals surface area contributed by atoms with Crippen molar-refractivity contribution < 1.29 is 50.1 Å². The van der Waals surface area contributed by atoms with Gasteiger partial charge in [0.2, 0.25) is 0 Å². The number of hydrogen-bond donors (Lipinski definition) is 5. The van der Waals surface area contributed by atoms with Crippen LogP contribution in [0.4, 0.5) is 0 Å². The number of hydrogen-bond acceptors (Lipinski definition) is 8. The van der Waals surface area contributed by atoms with Crippen LogP contribution in [0.15, 0.2) is 0 Å². The summed E-state index contributed by atoms with van der Waals surface area (Å²) in [4.78, 5) is 41.7. The minimum Gasteiger partial charge on any atom is -0.481 e. The second-order valence-electron chi connectivity index (χ2n) is 2.78. The van der Waals surface area contributed by atoms with Crippen molar-refractivity contribution in [3.63, 3.8) is 0 Å². The number of nitrogens with zero attached hydrogens (tertiary/aromatic N) is 1. The predicted molar refractivity (Wildman–Crippen MR) is 47.8 cm³/mol. The Balaban J connectivity index is 0. The Morgan fingerprint density at radius 1 is 1.11 bits per heavy atom. The summed E-state index contributed by atoms with van der Waals surface area (Å²) in [6.07, 6.45) is -2.29. The molecule has 0 amide bonds. The summed E-state index contributed by atoms with van der Waals surface area (Å²) >= 11 is 0. The highest BCUT2D eigenvalue weighted by molar-refractivity contribution is 5.88. The van der Waals surface area contributed by atoms with Crippen LogP contribution in [0.2, 0.25) is 0 Å². The van der Waals surface area contributed by atoms with Crippen LogP contribution >= 0.6 is 0 Å². The van der Waals surface area contributed by atoms with Crippen molar-refractivity contribution in [3.8, 4) is 0 Å². The van der Waals surface area contributed by atoms with Gasteiger partial charge in [0.05, 0.1) is 12.8 Å². The molecule has 0 fully saturated rings. The fourth-order valence-electron chi connectivity index (χ4n) is 0.714. The zero-order valence-electron chi connectivity index (χ0n) is 8.55.